The van der Waals surface area contributed by atoms with Crippen LogP contribution in [-0.2, 0) is 0 Å². The molecular weight excluding hydrogens is 247 g/mol. The Labute approximate surface area is 99.7 Å². The highest BCUT2D eigenvalue weighted by atomic mass is 32.2. The maximum Gasteiger partial charge on any atom is 0.196 e. The molecule has 2 aromatic carbocycles. The van der Waals surface area contributed by atoms with Crippen LogP contribution in [0, 0.1) is 17.5 Å². The first-order chi connectivity index (χ1) is 8.16. The van der Waals surface area contributed by atoms with Crippen molar-refractivity contribution in [1.29, 1.82) is 0 Å². The Balaban J connectivity index is 2.18. The van der Waals surface area contributed by atoms with Gasteiger partial charge in [-0.2, -0.15) is 0 Å². The number of anilines is 2. The molecule has 0 saturated heterocycles. The number of rotatable bonds is 0. The van der Waals surface area contributed by atoms with E-state index in [-0.39, 0.29) is 5.69 Å². The van der Waals surface area contributed by atoms with E-state index in [0.29, 0.717) is 10.6 Å². The van der Waals surface area contributed by atoms with Gasteiger partial charge in [-0.3, -0.25) is 0 Å². The summed E-state index contributed by atoms with van der Waals surface area (Å²) in [6.45, 7) is 0. The molecule has 1 aliphatic rings. The Morgan fingerprint density at radius 3 is 2.53 bits per heavy atom. The number of halogens is 3. The van der Waals surface area contributed by atoms with Crippen LogP contribution in [0.3, 0.4) is 0 Å². The number of hydrogen-bond donors (Lipinski definition) is 1. The van der Waals surface area contributed by atoms with E-state index >= 15 is 0 Å². The number of hydrogen-bond acceptors (Lipinski definition) is 2. The summed E-state index contributed by atoms with van der Waals surface area (Å²) in [5.74, 6) is -3.80. The summed E-state index contributed by atoms with van der Waals surface area (Å²) in [7, 11) is 0. The van der Waals surface area contributed by atoms with Crippen molar-refractivity contribution in [2.45, 2.75) is 9.79 Å². The van der Waals surface area contributed by atoms with E-state index in [1.807, 2.05) is 12.1 Å². The second-order valence-corrected chi connectivity index (χ2v) is 4.67. The molecule has 0 fully saturated rings. The third-order valence-electron chi connectivity index (χ3n) is 2.49. The summed E-state index contributed by atoms with van der Waals surface area (Å²) in [5.41, 5.74) is 0.683. The predicted octanol–water partition coefficient (Wildman–Crippen LogP) is 4.31. The zero-order chi connectivity index (χ0) is 12.0. The lowest BCUT2D eigenvalue weighted by atomic mass is 10.2. The summed E-state index contributed by atoms with van der Waals surface area (Å²) in [5, 5.41) is 2.77. The van der Waals surface area contributed by atoms with Gasteiger partial charge in [-0.05, 0) is 18.2 Å². The molecule has 1 aliphatic heterocycles. The summed E-state index contributed by atoms with van der Waals surface area (Å²) >= 11 is 1.21. The van der Waals surface area contributed by atoms with Gasteiger partial charge in [0.1, 0.15) is 0 Å². The molecular formula is C12H6F3NS. The summed E-state index contributed by atoms with van der Waals surface area (Å²) in [4.78, 5) is 1.20. The predicted molar refractivity (Wildman–Crippen MR) is 60.2 cm³/mol. The van der Waals surface area contributed by atoms with Crippen LogP contribution in [0.25, 0.3) is 0 Å². The van der Waals surface area contributed by atoms with Crippen molar-refractivity contribution in [3.8, 4) is 0 Å². The van der Waals surface area contributed by atoms with Crippen LogP contribution in [0.15, 0.2) is 40.1 Å². The molecule has 0 spiro atoms. The molecule has 17 heavy (non-hydrogen) atoms. The number of fused-ring (bicyclic) bond motifs is 2. The third kappa shape index (κ3) is 1.58. The average molecular weight is 253 g/mol. The minimum absolute atomic E-state index is 0.00685. The lowest BCUT2D eigenvalue weighted by molar-refractivity contribution is 0.446. The molecule has 0 bridgehead atoms. The highest BCUT2D eigenvalue weighted by Crippen LogP contribution is 2.45. The van der Waals surface area contributed by atoms with Gasteiger partial charge in [0.2, 0.25) is 0 Å². The summed E-state index contributed by atoms with van der Waals surface area (Å²) in [6.07, 6.45) is 0. The molecule has 1 N–H and O–H groups in total. The van der Waals surface area contributed by atoms with E-state index in [0.717, 1.165) is 11.0 Å². The maximum atomic E-state index is 13.5. The largest absolute Gasteiger partial charge is 0.351 e. The molecule has 0 aliphatic carbocycles. The van der Waals surface area contributed by atoms with Gasteiger partial charge in [0, 0.05) is 9.79 Å². The van der Waals surface area contributed by atoms with Crippen LogP contribution in [0.5, 0.6) is 0 Å². The molecule has 2 aromatic rings. The number of para-hydroxylation sites is 1. The zero-order valence-corrected chi connectivity index (χ0v) is 9.25. The first kappa shape index (κ1) is 10.5. The minimum Gasteiger partial charge on any atom is -0.351 e. The van der Waals surface area contributed by atoms with Crippen molar-refractivity contribution in [3.63, 3.8) is 0 Å². The maximum absolute atomic E-state index is 13.5. The van der Waals surface area contributed by atoms with Crippen LogP contribution < -0.4 is 5.32 Å². The van der Waals surface area contributed by atoms with E-state index in [1.54, 1.807) is 12.1 Å². The first-order valence-electron chi connectivity index (χ1n) is 4.88. The minimum atomic E-state index is -1.45. The van der Waals surface area contributed by atoms with E-state index < -0.39 is 17.5 Å². The number of nitrogens with one attached hydrogen (secondary N) is 1. The van der Waals surface area contributed by atoms with Gasteiger partial charge >= 0.3 is 0 Å². The molecule has 86 valence electrons. The molecule has 3 rings (SSSR count). The Morgan fingerprint density at radius 1 is 0.941 bits per heavy atom. The van der Waals surface area contributed by atoms with Gasteiger partial charge in [-0.25, -0.2) is 13.2 Å². The lowest BCUT2D eigenvalue weighted by Gasteiger charge is -2.21. The van der Waals surface area contributed by atoms with Crippen LogP contribution >= 0.6 is 11.8 Å². The van der Waals surface area contributed by atoms with Crippen molar-refractivity contribution in [1.82, 2.24) is 0 Å². The van der Waals surface area contributed by atoms with Gasteiger partial charge in [-0.15, -0.1) is 0 Å². The Morgan fingerprint density at radius 2 is 1.71 bits per heavy atom. The van der Waals surface area contributed by atoms with E-state index in [4.69, 9.17) is 0 Å². The third-order valence-corrected chi connectivity index (χ3v) is 3.61. The summed E-state index contributed by atoms with van der Waals surface area (Å²) < 4.78 is 39.7. The van der Waals surface area contributed by atoms with Crippen LogP contribution in [0.1, 0.15) is 0 Å². The number of benzene rings is 2. The van der Waals surface area contributed by atoms with Crippen LogP contribution in [-0.4, -0.2) is 0 Å². The van der Waals surface area contributed by atoms with Gasteiger partial charge in [0.05, 0.1) is 11.4 Å². The van der Waals surface area contributed by atoms with Crippen LogP contribution in [0.4, 0.5) is 24.5 Å². The van der Waals surface area contributed by atoms with E-state index in [9.17, 15) is 13.2 Å². The lowest BCUT2D eigenvalue weighted by Crippen LogP contribution is -2.05. The van der Waals surface area contributed by atoms with E-state index in [2.05, 4.69) is 5.32 Å². The molecule has 0 amide bonds. The molecule has 1 heterocycles. The fourth-order valence-electron chi connectivity index (χ4n) is 1.68. The van der Waals surface area contributed by atoms with Gasteiger partial charge < -0.3 is 5.32 Å². The second kappa shape index (κ2) is 3.70. The molecule has 5 heteroatoms. The molecule has 0 saturated carbocycles. The SMILES string of the molecule is Fc1cc2c(c(F)c1F)Nc1ccccc1S2. The molecule has 1 nitrogen and oxygen atoms in total. The zero-order valence-electron chi connectivity index (χ0n) is 8.43. The molecule has 0 radical (unpaired) electrons. The monoisotopic (exact) mass is 253 g/mol. The molecule has 0 atom stereocenters. The van der Waals surface area contributed by atoms with E-state index in [1.165, 1.54) is 11.8 Å². The average Bonchev–Trinajstić information content (AvgIpc) is 2.34. The first-order valence-corrected chi connectivity index (χ1v) is 5.70. The smallest absolute Gasteiger partial charge is 0.196 e. The highest BCUT2D eigenvalue weighted by Gasteiger charge is 2.23. The fourth-order valence-corrected chi connectivity index (χ4v) is 2.70. The quantitative estimate of drug-likeness (QED) is 0.599. The normalized spacial score (nSPS) is 12.6. The van der Waals surface area contributed by atoms with Gasteiger partial charge in [0.15, 0.2) is 17.5 Å². The van der Waals surface area contributed by atoms with Crippen molar-refractivity contribution in [3.05, 3.63) is 47.8 Å². The fraction of sp³-hybridized carbons (Fsp3) is 0. The Bertz CT molecular complexity index is 613. The second-order valence-electron chi connectivity index (χ2n) is 3.58. The van der Waals surface area contributed by atoms with Crippen molar-refractivity contribution in [2.24, 2.45) is 0 Å². The standard InChI is InChI=1S/C12H6F3NS/c13-6-5-9-12(11(15)10(6)14)16-7-3-1-2-4-8(7)17-9/h1-5,16H. The Kier molecular flexibility index (Phi) is 2.29. The molecule has 0 aromatic heterocycles. The highest BCUT2D eigenvalue weighted by molar-refractivity contribution is 7.99. The van der Waals surface area contributed by atoms with Gasteiger partial charge in [0.25, 0.3) is 0 Å². The van der Waals surface area contributed by atoms with Crippen molar-refractivity contribution >= 4 is 23.1 Å². The topological polar surface area (TPSA) is 12.0 Å². The van der Waals surface area contributed by atoms with Crippen molar-refractivity contribution in [2.75, 3.05) is 5.32 Å². The molecule has 0 unspecified atom stereocenters. The van der Waals surface area contributed by atoms with Crippen LogP contribution in [0.2, 0.25) is 0 Å². The van der Waals surface area contributed by atoms with Crippen molar-refractivity contribution < 1.29 is 13.2 Å². The Hall–Kier alpha value is -1.62. The van der Waals surface area contributed by atoms with Gasteiger partial charge in [-0.1, -0.05) is 23.9 Å². The summed E-state index contributed by atoms with van der Waals surface area (Å²) in [6, 6.07) is 8.20.